The van der Waals surface area contributed by atoms with Gasteiger partial charge in [-0.1, -0.05) is 52.4 Å². The molecule has 0 rings (SSSR count). The Morgan fingerprint density at radius 1 is 1.08 bits per heavy atom. The van der Waals surface area contributed by atoms with Crippen LogP contribution in [0.3, 0.4) is 0 Å². The predicted octanol–water partition coefficient (Wildman–Crippen LogP) is 3.68. The fraction of sp³-hybridized carbons (Fsp3) is 0.900. The minimum absolute atomic E-state index is 1.10. The molecule has 0 spiro atoms. The second-order valence-electron chi connectivity index (χ2n) is 2.88. The van der Waals surface area contributed by atoms with Crippen molar-refractivity contribution >= 4 is 6.16 Å². The summed E-state index contributed by atoms with van der Waals surface area (Å²) in [5.74, 6) is 0. The van der Waals surface area contributed by atoms with Gasteiger partial charge in [0.1, 0.15) is 0 Å². The second-order valence-corrected chi connectivity index (χ2v) is 2.88. The molecule has 0 radical (unpaired) electrons. The van der Waals surface area contributed by atoms with Crippen molar-refractivity contribution in [2.75, 3.05) is 7.11 Å². The molecule has 3 heteroatoms. The van der Waals surface area contributed by atoms with Gasteiger partial charge in [0.05, 0.1) is 7.11 Å². The number of rotatable bonds is 5. The van der Waals surface area contributed by atoms with E-state index < -0.39 is 6.16 Å². The monoisotopic (exact) mass is 190 g/mol. The van der Waals surface area contributed by atoms with E-state index in [0.29, 0.717) is 0 Å². The molecule has 0 saturated heterocycles. The number of hydrogen-bond donors (Lipinski definition) is 1. The van der Waals surface area contributed by atoms with Crippen LogP contribution in [0.1, 0.15) is 52.4 Å². The van der Waals surface area contributed by atoms with E-state index in [1.807, 2.05) is 0 Å². The van der Waals surface area contributed by atoms with Crippen LogP contribution < -0.4 is 0 Å². The van der Waals surface area contributed by atoms with Gasteiger partial charge in [0.2, 0.25) is 0 Å². The Bertz CT molecular complexity index is 96.3. The third kappa shape index (κ3) is 24.6. The molecule has 0 unspecified atom stereocenters. The van der Waals surface area contributed by atoms with Crippen LogP contribution in [-0.4, -0.2) is 18.4 Å². The molecular formula is C10H22O3. The normalized spacial score (nSPS) is 8.54. The molecule has 13 heavy (non-hydrogen) atoms. The summed E-state index contributed by atoms with van der Waals surface area (Å²) >= 11 is 0. The van der Waals surface area contributed by atoms with Gasteiger partial charge in [0.15, 0.2) is 0 Å². The third-order valence-corrected chi connectivity index (χ3v) is 1.63. The molecule has 0 atom stereocenters. The predicted molar refractivity (Wildman–Crippen MR) is 54.1 cm³/mol. The van der Waals surface area contributed by atoms with Crippen LogP contribution in [0, 0.1) is 0 Å². The van der Waals surface area contributed by atoms with E-state index in [-0.39, 0.29) is 0 Å². The van der Waals surface area contributed by atoms with Gasteiger partial charge in [-0.15, -0.1) is 0 Å². The summed E-state index contributed by atoms with van der Waals surface area (Å²) in [7, 11) is 1.10. The maximum Gasteiger partial charge on any atom is 0.505 e. The topological polar surface area (TPSA) is 46.5 Å². The van der Waals surface area contributed by atoms with Crippen molar-refractivity contribution in [2.24, 2.45) is 0 Å². The number of carboxylic acid groups (broad SMARTS) is 1. The lowest BCUT2D eigenvalue weighted by atomic mass is 10.1. The van der Waals surface area contributed by atoms with E-state index in [2.05, 4.69) is 18.6 Å². The summed E-state index contributed by atoms with van der Waals surface area (Å²) in [5.41, 5.74) is 0. The standard InChI is InChI=1S/C8H18.C2H4O3/c1-3-5-7-8-6-4-2;1-5-2(3)4/h3-8H2,1-2H3;1H3,(H,3,4). The number of unbranched alkanes of at least 4 members (excludes halogenated alkanes) is 5. The van der Waals surface area contributed by atoms with Gasteiger partial charge in [-0.3, -0.25) is 0 Å². The van der Waals surface area contributed by atoms with Crippen molar-refractivity contribution in [1.82, 2.24) is 0 Å². The lowest BCUT2D eigenvalue weighted by Gasteiger charge is -1.93. The highest BCUT2D eigenvalue weighted by Gasteiger charge is 1.83. The Morgan fingerprint density at radius 3 is 1.54 bits per heavy atom. The highest BCUT2D eigenvalue weighted by molar-refractivity contribution is 5.56. The van der Waals surface area contributed by atoms with E-state index in [0.717, 1.165) is 7.11 Å². The highest BCUT2D eigenvalue weighted by atomic mass is 16.6. The largest absolute Gasteiger partial charge is 0.505 e. The van der Waals surface area contributed by atoms with E-state index in [9.17, 15) is 0 Å². The lowest BCUT2D eigenvalue weighted by molar-refractivity contribution is 0.114. The van der Waals surface area contributed by atoms with Crippen molar-refractivity contribution < 1.29 is 14.6 Å². The molecule has 0 aromatic heterocycles. The molecule has 3 nitrogen and oxygen atoms in total. The Hall–Kier alpha value is -0.730. The first-order valence-electron chi connectivity index (χ1n) is 4.95. The van der Waals surface area contributed by atoms with Gasteiger partial charge in [-0.25, -0.2) is 4.79 Å². The first kappa shape index (κ1) is 14.8. The number of ether oxygens (including phenoxy) is 1. The SMILES string of the molecule is CCCCCCCC.COC(=O)O. The summed E-state index contributed by atoms with van der Waals surface area (Å²) in [5, 5.41) is 7.50. The van der Waals surface area contributed by atoms with Gasteiger partial charge in [-0.2, -0.15) is 0 Å². The Kier molecular flexibility index (Phi) is 15.7. The molecule has 0 aliphatic heterocycles. The van der Waals surface area contributed by atoms with Gasteiger partial charge < -0.3 is 9.84 Å². The fourth-order valence-electron chi connectivity index (χ4n) is 0.854. The zero-order valence-electron chi connectivity index (χ0n) is 9.01. The summed E-state index contributed by atoms with van der Waals surface area (Å²) in [6.45, 7) is 4.51. The Labute approximate surface area is 81.1 Å². The minimum atomic E-state index is -1.25. The zero-order valence-corrected chi connectivity index (χ0v) is 9.01. The Morgan fingerprint density at radius 2 is 1.38 bits per heavy atom. The first-order chi connectivity index (χ1) is 6.18. The number of hydrogen-bond acceptors (Lipinski definition) is 2. The quantitative estimate of drug-likeness (QED) is 0.531. The number of carbonyl (C=O) groups is 1. The average Bonchev–Trinajstić information content (AvgIpc) is 2.14. The molecule has 0 aliphatic carbocycles. The molecule has 0 aromatic carbocycles. The smallest absolute Gasteiger partial charge is 0.450 e. The molecule has 0 aromatic rings. The van der Waals surface area contributed by atoms with Gasteiger partial charge >= 0.3 is 6.16 Å². The van der Waals surface area contributed by atoms with E-state index >= 15 is 0 Å². The molecule has 0 bridgehead atoms. The van der Waals surface area contributed by atoms with Crippen molar-refractivity contribution in [2.45, 2.75) is 52.4 Å². The summed E-state index contributed by atoms with van der Waals surface area (Å²) in [6.07, 6.45) is 7.24. The van der Waals surface area contributed by atoms with Gasteiger partial charge in [0.25, 0.3) is 0 Å². The lowest BCUT2D eigenvalue weighted by Crippen LogP contribution is -1.91. The van der Waals surface area contributed by atoms with Crippen LogP contribution in [-0.2, 0) is 4.74 Å². The fourth-order valence-corrected chi connectivity index (χ4v) is 0.854. The van der Waals surface area contributed by atoms with Crippen LogP contribution in [0.15, 0.2) is 0 Å². The minimum Gasteiger partial charge on any atom is -0.450 e. The number of methoxy groups -OCH3 is 1. The first-order valence-corrected chi connectivity index (χ1v) is 4.95. The molecule has 1 N–H and O–H groups in total. The summed E-state index contributed by atoms with van der Waals surface area (Å²) in [4.78, 5) is 9.15. The average molecular weight is 190 g/mol. The molecule has 0 heterocycles. The maximum atomic E-state index is 9.15. The van der Waals surface area contributed by atoms with Crippen molar-refractivity contribution in [3.8, 4) is 0 Å². The van der Waals surface area contributed by atoms with Crippen molar-refractivity contribution in [3.05, 3.63) is 0 Å². The van der Waals surface area contributed by atoms with Crippen LogP contribution in [0.4, 0.5) is 4.79 Å². The molecule has 0 saturated carbocycles. The summed E-state index contributed by atoms with van der Waals surface area (Å²) < 4.78 is 3.67. The van der Waals surface area contributed by atoms with E-state index in [4.69, 9.17) is 9.90 Å². The molecule has 0 aliphatic rings. The van der Waals surface area contributed by atoms with Crippen LogP contribution in [0.2, 0.25) is 0 Å². The molecule has 80 valence electrons. The van der Waals surface area contributed by atoms with Gasteiger partial charge in [-0.05, 0) is 0 Å². The summed E-state index contributed by atoms with van der Waals surface area (Å²) in [6, 6.07) is 0. The van der Waals surface area contributed by atoms with E-state index in [1.165, 1.54) is 38.5 Å². The molecule has 0 fully saturated rings. The third-order valence-electron chi connectivity index (χ3n) is 1.63. The zero-order chi connectivity index (χ0) is 10.5. The van der Waals surface area contributed by atoms with Gasteiger partial charge in [0, 0.05) is 0 Å². The molecule has 0 amide bonds. The highest BCUT2D eigenvalue weighted by Crippen LogP contribution is 2.03. The van der Waals surface area contributed by atoms with E-state index in [1.54, 1.807) is 0 Å². The van der Waals surface area contributed by atoms with Crippen LogP contribution in [0.5, 0.6) is 0 Å². The maximum absolute atomic E-state index is 9.15. The second kappa shape index (κ2) is 13.8. The van der Waals surface area contributed by atoms with Crippen molar-refractivity contribution in [3.63, 3.8) is 0 Å². The Balaban J connectivity index is 0. The molecular weight excluding hydrogens is 168 g/mol. The van der Waals surface area contributed by atoms with Crippen LogP contribution >= 0.6 is 0 Å². The van der Waals surface area contributed by atoms with Crippen molar-refractivity contribution in [1.29, 1.82) is 0 Å². The van der Waals surface area contributed by atoms with Crippen LogP contribution in [0.25, 0.3) is 0 Å².